The Balaban J connectivity index is 1.24. The molecule has 2 amide bonds. The minimum absolute atomic E-state index is 0.0420. The number of benzene rings is 2. The SMILES string of the molecule is COc1cc(N2CCC3(CCN(C(=O)c4ccc(N5CCCC5)cc4)CC3)C2=O)ccc1/C(C=N)=C/N. The molecule has 0 saturated carbocycles. The first-order valence-electron chi connectivity index (χ1n) is 13.1. The number of piperidine rings is 1. The Morgan fingerprint density at radius 2 is 1.62 bits per heavy atom. The van der Waals surface area contributed by atoms with E-state index in [1.54, 1.807) is 7.11 Å². The Morgan fingerprint density at radius 1 is 0.973 bits per heavy atom. The lowest BCUT2D eigenvalue weighted by molar-refractivity contribution is -0.127. The van der Waals surface area contributed by atoms with Crippen LogP contribution in [0.5, 0.6) is 5.75 Å². The second kappa shape index (κ2) is 10.3. The molecule has 3 aliphatic heterocycles. The molecule has 194 valence electrons. The van der Waals surface area contributed by atoms with Crippen molar-refractivity contribution in [3.05, 3.63) is 59.8 Å². The summed E-state index contributed by atoms with van der Waals surface area (Å²) >= 11 is 0. The van der Waals surface area contributed by atoms with Crippen LogP contribution in [0.3, 0.4) is 0 Å². The highest BCUT2D eigenvalue weighted by molar-refractivity contribution is 6.09. The number of likely N-dealkylation sites (tertiary alicyclic amines) is 1. The average Bonchev–Trinajstić information content (AvgIpc) is 3.59. The maximum absolute atomic E-state index is 13.6. The fourth-order valence-corrected chi connectivity index (χ4v) is 5.94. The number of carbonyl (C=O) groups is 2. The van der Waals surface area contributed by atoms with Crippen molar-refractivity contribution < 1.29 is 14.3 Å². The summed E-state index contributed by atoms with van der Waals surface area (Å²) in [7, 11) is 1.57. The first-order valence-corrected chi connectivity index (χ1v) is 13.1. The van der Waals surface area contributed by atoms with Gasteiger partial charge in [-0.05, 0) is 68.5 Å². The third-order valence-electron chi connectivity index (χ3n) is 8.25. The van der Waals surface area contributed by atoms with Gasteiger partial charge in [0.05, 0.1) is 12.5 Å². The molecule has 2 aromatic rings. The van der Waals surface area contributed by atoms with Gasteiger partial charge in [-0.25, -0.2) is 0 Å². The largest absolute Gasteiger partial charge is 0.496 e. The lowest BCUT2D eigenvalue weighted by Crippen LogP contribution is -2.46. The monoisotopic (exact) mass is 501 g/mol. The smallest absolute Gasteiger partial charge is 0.253 e. The van der Waals surface area contributed by atoms with Crippen molar-refractivity contribution >= 4 is 35.0 Å². The maximum Gasteiger partial charge on any atom is 0.253 e. The van der Waals surface area contributed by atoms with Crippen LogP contribution in [0.4, 0.5) is 11.4 Å². The van der Waals surface area contributed by atoms with Gasteiger partial charge in [-0.3, -0.25) is 9.59 Å². The molecule has 5 rings (SSSR count). The minimum atomic E-state index is -0.431. The van der Waals surface area contributed by atoms with E-state index in [4.69, 9.17) is 15.9 Å². The van der Waals surface area contributed by atoms with Crippen molar-refractivity contribution in [2.24, 2.45) is 11.1 Å². The van der Waals surface area contributed by atoms with E-state index >= 15 is 0 Å². The lowest BCUT2D eigenvalue weighted by Gasteiger charge is -2.38. The Morgan fingerprint density at radius 3 is 2.24 bits per heavy atom. The number of nitrogens with two attached hydrogens (primary N) is 1. The van der Waals surface area contributed by atoms with Crippen LogP contribution in [-0.2, 0) is 4.79 Å². The second-order valence-electron chi connectivity index (χ2n) is 10.2. The number of nitrogens with zero attached hydrogens (tertiary/aromatic N) is 3. The summed E-state index contributed by atoms with van der Waals surface area (Å²) in [6, 6.07) is 13.5. The standard InChI is InChI=1S/C29H35N5O3/c1-37-26-18-24(8-9-25(26)22(19-30)20-31)34-17-12-29(28(34)36)10-15-33(16-11-29)27(35)21-4-6-23(7-5-21)32-13-2-3-14-32/h4-9,18-20,30H,2-3,10-17,31H2,1H3/b22-20+,30-19?. The Bertz CT molecular complexity index is 1210. The molecular formula is C29H35N5O3. The minimum Gasteiger partial charge on any atom is -0.496 e. The Hall–Kier alpha value is -3.81. The van der Waals surface area contributed by atoms with E-state index < -0.39 is 5.41 Å². The summed E-state index contributed by atoms with van der Waals surface area (Å²) in [5.74, 6) is 0.731. The molecule has 0 atom stereocenters. The first kappa shape index (κ1) is 24.9. The van der Waals surface area contributed by atoms with Crippen molar-refractivity contribution in [3.63, 3.8) is 0 Å². The van der Waals surface area contributed by atoms with Crippen LogP contribution in [0, 0.1) is 10.8 Å². The number of carbonyl (C=O) groups excluding carboxylic acids is 2. The van der Waals surface area contributed by atoms with Crippen LogP contribution in [-0.4, -0.2) is 62.8 Å². The van der Waals surface area contributed by atoms with Crippen LogP contribution in [0.1, 0.15) is 48.0 Å². The number of anilines is 2. The highest BCUT2D eigenvalue weighted by atomic mass is 16.5. The molecular weight excluding hydrogens is 466 g/mol. The van der Waals surface area contributed by atoms with E-state index in [1.165, 1.54) is 30.9 Å². The van der Waals surface area contributed by atoms with E-state index in [0.717, 1.165) is 25.2 Å². The topological polar surface area (TPSA) is 103 Å². The van der Waals surface area contributed by atoms with Crippen LogP contribution in [0.15, 0.2) is 48.7 Å². The molecule has 3 saturated heterocycles. The summed E-state index contributed by atoms with van der Waals surface area (Å²) in [4.78, 5) is 32.9. The summed E-state index contributed by atoms with van der Waals surface area (Å²) in [6.07, 6.45) is 7.12. The number of ether oxygens (including phenoxy) is 1. The molecule has 2 aromatic carbocycles. The fourth-order valence-electron chi connectivity index (χ4n) is 5.94. The van der Waals surface area contributed by atoms with Gasteiger partial charge < -0.3 is 30.6 Å². The molecule has 0 bridgehead atoms. The summed E-state index contributed by atoms with van der Waals surface area (Å²) in [5.41, 5.74) is 9.16. The number of allylic oxidation sites excluding steroid dienone is 1. The van der Waals surface area contributed by atoms with Crippen LogP contribution in [0.2, 0.25) is 0 Å². The summed E-state index contributed by atoms with van der Waals surface area (Å²) in [6.45, 7) is 3.96. The third-order valence-corrected chi connectivity index (χ3v) is 8.25. The summed E-state index contributed by atoms with van der Waals surface area (Å²) in [5, 5.41) is 7.57. The molecule has 0 unspecified atom stereocenters. The van der Waals surface area contributed by atoms with Gasteiger partial charge in [-0.15, -0.1) is 0 Å². The van der Waals surface area contributed by atoms with Crippen LogP contribution in [0.25, 0.3) is 5.57 Å². The predicted octanol–water partition coefficient (Wildman–Crippen LogP) is 3.90. The Labute approximate surface area is 218 Å². The van der Waals surface area contributed by atoms with Crippen molar-refractivity contribution in [1.29, 1.82) is 5.41 Å². The lowest BCUT2D eigenvalue weighted by atomic mass is 9.77. The molecule has 3 heterocycles. The van der Waals surface area contributed by atoms with Gasteiger partial charge in [0.1, 0.15) is 5.75 Å². The molecule has 3 N–H and O–H groups in total. The number of hydrogen-bond acceptors (Lipinski definition) is 6. The molecule has 8 heteroatoms. The van der Waals surface area contributed by atoms with Gasteiger partial charge in [0.2, 0.25) is 5.91 Å². The highest BCUT2D eigenvalue weighted by Gasteiger charge is 2.49. The van der Waals surface area contributed by atoms with E-state index in [9.17, 15) is 9.59 Å². The molecule has 3 fully saturated rings. The van der Waals surface area contributed by atoms with Gasteiger partial charge in [-0.1, -0.05) is 0 Å². The number of nitrogens with one attached hydrogen (secondary N) is 1. The molecule has 8 nitrogen and oxygen atoms in total. The zero-order chi connectivity index (χ0) is 26.0. The number of rotatable bonds is 6. The first-order chi connectivity index (χ1) is 18.0. The number of hydrogen-bond donors (Lipinski definition) is 2. The molecule has 0 aliphatic carbocycles. The predicted molar refractivity (Wildman–Crippen MR) is 146 cm³/mol. The average molecular weight is 502 g/mol. The third kappa shape index (κ3) is 4.56. The fraction of sp³-hybridized carbons (Fsp3) is 0.414. The van der Waals surface area contributed by atoms with Gasteiger partial charge >= 0.3 is 0 Å². The highest BCUT2D eigenvalue weighted by Crippen LogP contribution is 2.44. The van der Waals surface area contributed by atoms with Crippen LogP contribution < -0.4 is 20.3 Å². The number of amides is 2. The molecule has 1 spiro atoms. The quantitative estimate of drug-likeness (QED) is 0.585. The zero-order valence-electron chi connectivity index (χ0n) is 21.4. The van der Waals surface area contributed by atoms with Gasteiger partial charge in [-0.2, -0.15) is 0 Å². The molecule has 3 aliphatic rings. The van der Waals surface area contributed by atoms with E-state index in [1.807, 2.05) is 40.1 Å². The van der Waals surface area contributed by atoms with Gasteiger partial charge in [0, 0.05) is 79.3 Å². The van der Waals surface area contributed by atoms with E-state index in [-0.39, 0.29) is 11.8 Å². The number of methoxy groups -OCH3 is 1. The summed E-state index contributed by atoms with van der Waals surface area (Å²) < 4.78 is 5.54. The van der Waals surface area contributed by atoms with Crippen molar-refractivity contribution in [2.45, 2.75) is 32.1 Å². The maximum atomic E-state index is 13.6. The van der Waals surface area contributed by atoms with Gasteiger partial charge in [0.25, 0.3) is 5.91 Å². The Kier molecular flexibility index (Phi) is 6.91. The normalized spacial score (nSPS) is 19.5. The van der Waals surface area contributed by atoms with Crippen molar-refractivity contribution in [2.75, 3.05) is 49.6 Å². The van der Waals surface area contributed by atoms with Crippen LogP contribution >= 0.6 is 0 Å². The second-order valence-corrected chi connectivity index (χ2v) is 10.2. The van der Waals surface area contributed by atoms with Crippen molar-refractivity contribution in [3.8, 4) is 5.75 Å². The van der Waals surface area contributed by atoms with Gasteiger partial charge in [0.15, 0.2) is 0 Å². The molecule has 0 aromatic heterocycles. The van der Waals surface area contributed by atoms with E-state index in [0.29, 0.717) is 54.9 Å². The van der Waals surface area contributed by atoms with E-state index in [2.05, 4.69) is 17.0 Å². The molecule has 37 heavy (non-hydrogen) atoms. The van der Waals surface area contributed by atoms with Crippen molar-refractivity contribution in [1.82, 2.24) is 4.90 Å². The molecule has 0 radical (unpaired) electrons. The zero-order valence-corrected chi connectivity index (χ0v) is 21.4.